The molecular formula is C12H17NO3. The maximum Gasteiger partial charge on any atom is 0.371 e. The van der Waals surface area contributed by atoms with Gasteiger partial charge in [-0.15, -0.1) is 0 Å². The van der Waals surface area contributed by atoms with Gasteiger partial charge >= 0.3 is 5.97 Å². The zero-order valence-electron chi connectivity index (χ0n) is 9.64. The minimum absolute atomic E-state index is 0.0234. The van der Waals surface area contributed by atoms with Crippen molar-refractivity contribution in [1.29, 1.82) is 0 Å². The molecule has 0 spiro atoms. The lowest BCUT2D eigenvalue weighted by Gasteiger charge is -2.12. The molecule has 0 aromatic carbocycles. The molecule has 0 saturated carbocycles. The summed E-state index contributed by atoms with van der Waals surface area (Å²) in [5.74, 6) is 1.16. The summed E-state index contributed by atoms with van der Waals surface area (Å²) >= 11 is 0. The average Bonchev–Trinajstić information content (AvgIpc) is 2.76. The number of nitrogens with zero attached hydrogens (tertiary/aromatic N) is 1. The van der Waals surface area contributed by atoms with Crippen LogP contribution in [0.5, 0.6) is 0 Å². The van der Waals surface area contributed by atoms with Gasteiger partial charge in [0.1, 0.15) is 5.76 Å². The van der Waals surface area contributed by atoms with Crippen molar-refractivity contribution in [3.8, 4) is 0 Å². The highest BCUT2D eigenvalue weighted by Crippen LogP contribution is 2.24. The Morgan fingerprint density at radius 3 is 2.56 bits per heavy atom. The molecule has 1 aromatic heterocycles. The Bertz CT molecular complexity index is 375. The molecule has 2 atom stereocenters. The number of rotatable bonds is 3. The van der Waals surface area contributed by atoms with E-state index >= 15 is 0 Å². The summed E-state index contributed by atoms with van der Waals surface area (Å²) < 4.78 is 5.24. The molecule has 88 valence electrons. The highest BCUT2D eigenvalue weighted by atomic mass is 16.4. The fourth-order valence-corrected chi connectivity index (χ4v) is 2.18. The van der Waals surface area contributed by atoms with Crippen molar-refractivity contribution in [3.05, 3.63) is 23.7 Å². The number of hydrogen-bond donors (Lipinski definition) is 1. The normalized spacial score (nSPS) is 26.1. The third-order valence-corrected chi connectivity index (χ3v) is 3.32. The molecule has 4 heteroatoms. The number of carboxylic acid groups (broad SMARTS) is 1. The van der Waals surface area contributed by atoms with Crippen LogP contribution in [0.1, 0.15) is 30.2 Å². The van der Waals surface area contributed by atoms with E-state index in [9.17, 15) is 4.79 Å². The second kappa shape index (κ2) is 4.29. The molecule has 1 aliphatic heterocycles. The quantitative estimate of drug-likeness (QED) is 0.852. The van der Waals surface area contributed by atoms with Gasteiger partial charge in [-0.05, 0) is 24.0 Å². The lowest BCUT2D eigenvalue weighted by Crippen LogP contribution is -2.19. The smallest absolute Gasteiger partial charge is 0.371 e. The van der Waals surface area contributed by atoms with Gasteiger partial charge in [-0.3, -0.25) is 4.90 Å². The molecule has 4 nitrogen and oxygen atoms in total. The van der Waals surface area contributed by atoms with Crippen LogP contribution in [0.25, 0.3) is 0 Å². The molecule has 0 bridgehead atoms. The van der Waals surface area contributed by atoms with Gasteiger partial charge in [0.2, 0.25) is 5.76 Å². The maximum atomic E-state index is 10.6. The zero-order chi connectivity index (χ0) is 11.7. The van der Waals surface area contributed by atoms with Crippen LogP contribution in [0.3, 0.4) is 0 Å². The molecule has 0 radical (unpaired) electrons. The molecule has 1 fully saturated rings. The first kappa shape index (κ1) is 11.2. The summed E-state index contributed by atoms with van der Waals surface area (Å²) in [5.41, 5.74) is 0. The first-order chi connectivity index (χ1) is 7.56. The van der Waals surface area contributed by atoms with E-state index in [1.165, 1.54) is 6.07 Å². The summed E-state index contributed by atoms with van der Waals surface area (Å²) in [4.78, 5) is 13.0. The van der Waals surface area contributed by atoms with Crippen LogP contribution >= 0.6 is 0 Å². The Kier molecular flexibility index (Phi) is 3.01. The minimum atomic E-state index is -1.01. The number of carbonyl (C=O) groups is 1. The second-order valence-corrected chi connectivity index (χ2v) is 4.72. The van der Waals surface area contributed by atoms with Gasteiger partial charge in [0.15, 0.2) is 0 Å². The van der Waals surface area contributed by atoms with Crippen molar-refractivity contribution in [1.82, 2.24) is 4.90 Å². The molecule has 16 heavy (non-hydrogen) atoms. The molecule has 2 unspecified atom stereocenters. The lowest BCUT2D eigenvalue weighted by molar-refractivity contribution is 0.0658. The van der Waals surface area contributed by atoms with E-state index in [-0.39, 0.29) is 5.76 Å². The number of likely N-dealkylation sites (tertiary alicyclic amines) is 1. The fourth-order valence-electron chi connectivity index (χ4n) is 2.18. The Labute approximate surface area is 94.9 Å². The zero-order valence-corrected chi connectivity index (χ0v) is 9.64. The van der Waals surface area contributed by atoms with Crippen LogP contribution in [0.2, 0.25) is 0 Å². The molecule has 0 aliphatic carbocycles. The van der Waals surface area contributed by atoms with Crippen molar-refractivity contribution in [3.63, 3.8) is 0 Å². The van der Waals surface area contributed by atoms with Gasteiger partial charge in [0, 0.05) is 13.1 Å². The Morgan fingerprint density at radius 2 is 2.06 bits per heavy atom. The summed E-state index contributed by atoms with van der Waals surface area (Å²) in [5, 5.41) is 8.74. The summed E-state index contributed by atoms with van der Waals surface area (Å²) in [7, 11) is 0. The first-order valence-corrected chi connectivity index (χ1v) is 5.60. The van der Waals surface area contributed by atoms with Crippen LogP contribution in [-0.4, -0.2) is 29.1 Å². The van der Waals surface area contributed by atoms with Crippen molar-refractivity contribution >= 4 is 5.97 Å². The van der Waals surface area contributed by atoms with Gasteiger partial charge in [-0.1, -0.05) is 13.8 Å². The number of aromatic carboxylic acids is 1. The average molecular weight is 223 g/mol. The van der Waals surface area contributed by atoms with Gasteiger partial charge in [-0.25, -0.2) is 4.79 Å². The second-order valence-electron chi connectivity index (χ2n) is 4.72. The molecule has 1 aromatic rings. The lowest BCUT2D eigenvalue weighted by atomic mass is 10.0. The van der Waals surface area contributed by atoms with E-state index in [0.29, 0.717) is 18.4 Å². The van der Waals surface area contributed by atoms with Crippen LogP contribution in [0.4, 0.5) is 0 Å². The topological polar surface area (TPSA) is 53.7 Å². The van der Waals surface area contributed by atoms with Gasteiger partial charge < -0.3 is 9.52 Å². The highest BCUT2D eigenvalue weighted by molar-refractivity contribution is 5.84. The predicted molar refractivity (Wildman–Crippen MR) is 59.3 cm³/mol. The predicted octanol–water partition coefficient (Wildman–Crippen LogP) is 2.07. The molecule has 2 heterocycles. The third kappa shape index (κ3) is 2.27. The van der Waals surface area contributed by atoms with Gasteiger partial charge in [-0.2, -0.15) is 0 Å². The third-order valence-electron chi connectivity index (χ3n) is 3.32. The van der Waals surface area contributed by atoms with E-state index < -0.39 is 5.97 Å². The molecule has 0 amide bonds. The van der Waals surface area contributed by atoms with E-state index in [2.05, 4.69) is 18.7 Å². The highest BCUT2D eigenvalue weighted by Gasteiger charge is 2.26. The van der Waals surface area contributed by atoms with Crippen molar-refractivity contribution in [2.75, 3.05) is 13.1 Å². The van der Waals surface area contributed by atoms with E-state index in [0.717, 1.165) is 18.8 Å². The largest absolute Gasteiger partial charge is 0.475 e. The van der Waals surface area contributed by atoms with Crippen molar-refractivity contribution in [2.45, 2.75) is 20.4 Å². The number of furan rings is 1. The Hall–Kier alpha value is -1.29. The molecular weight excluding hydrogens is 206 g/mol. The SMILES string of the molecule is CC1CN(Cc2ccc(C(=O)O)o2)CC1C. The Morgan fingerprint density at radius 1 is 1.44 bits per heavy atom. The molecule has 1 N–H and O–H groups in total. The van der Waals surface area contributed by atoms with E-state index in [4.69, 9.17) is 9.52 Å². The minimum Gasteiger partial charge on any atom is -0.475 e. The molecule has 1 saturated heterocycles. The maximum absolute atomic E-state index is 10.6. The van der Waals surface area contributed by atoms with Gasteiger partial charge in [0.25, 0.3) is 0 Å². The summed E-state index contributed by atoms with van der Waals surface area (Å²) in [6.07, 6.45) is 0. The van der Waals surface area contributed by atoms with Crippen molar-refractivity contribution in [2.24, 2.45) is 11.8 Å². The summed E-state index contributed by atoms with van der Waals surface area (Å²) in [6, 6.07) is 3.26. The first-order valence-electron chi connectivity index (χ1n) is 5.60. The van der Waals surface area contributed by atoms with E-state index in [1.54, 1.807) is 6.07 Å². The molecule has 1 aliphatic rings. The molecule has 2 rings (SSSR count). The fraction of sp³-hybridized carbons (Fsp3) is 0.583. The van der Waals surface area contributed by atoms with Gasteiger partial charge in [0.05, 0.1) is 6.54 Å². The van der Waals surface area contributed by atoms with Crippen LogP contribution in [0.15, 0.2) is 16.5 Å². The monoisotopic (exact) mass is 223 g/mol. The standard InChI is InChI=1S/C12H17NO3/c1-8-5-13(6-9(8)2)7-10-3-4-11(16-10)12(14)15/h3-4,8-9H,5-7H2,1-2H3,(H,14,15). The summed E-state index contributed by atoms with van der Waals surface area (Å²) in [6.45, 7) is 7.32. The Balaban J connectivity index is 1.97. The number of hydrogen-bond acceptors (Lipinski definition) is 3. The van der Waals surface area contributed by atoms with Crippen LogP contribution in [-0.2, 0) is 6.54 Å². The van der Waals surface area contributed by atoms with Crippen molar-refractivity contribution < 1.29 is 14.3 Å². The number of carboxylic acids is 1. The van der Waals surface area contributed by atoms with Crippen LogP contribution < -0.4 is 0 Å². The van der Waals surface area contributed by atoms with Crippen LogP contribution in [0, 0.1) is 11.8 Å². The van der Waals surface area contributed by atoms with E-state index in [1.807, 2.05) is 0 Å².